The van der Waals surface area contributed by atoms with Crippen LogP contribution in [-0.2, 0) is 0 Å². The highest BCUT2D eigenvalue weighted by molar-refractivity contribution is 4.47. The Bertz CT molecular complexity index is 176. The number of rotatable bonds is 14. The number of unbranched alkanes of at least 4 members (excludes halogenated alkanes) is 9. The Kier molecular flexibility index (Phi) is 19.8. The molecule has 0 bridgehead atoms. The van der Waals surface area contributed by atoms with Crippen molar-refractivity contribution in [2.45, 2.75) is 91.1 Å². The Hall–Kier alpha value is 0.400. The minimum Gasteiger partial charge on any atom is -1.00 e. The van der Waals surface area contributed by atoms with Crippen LogP contribution in [-0.4, -0.2) is 30.8 Å². The highest BCUT2D eigenvalue weighted by atomic mass is 79.9. The highest BCUT2D eigenvalue weighted by Crippen LogP contribution is 2.09. The number of halogens is 1. The average molecular weight is 352 g/mol. The normalized spacial score (nSPS) is 13.8. The predicted octanol–water partition coefficient (Wildman–Crippen LogP) is 0.197. The summed E-state index contributed by atoms with van der Waals surface area (Å²) < 4.78 is 0. The van der Waals surface area contributed by atoms with Crippen LogP contribution in [0.1, 0.15) is 85.0 Å². The van der Waals surface area contributed by atoms with Crippen LogP contribution in [0.5, 0.6) is 0 Å². The fraction of sp³-hybridized carbons (Fsp3) is 1.00. The van der Waals surface area contributed by atoms with E-state index in [9.17, 15) is 5.11 Å². The second-order valence-electron chi connectivity index (χ2n) is 6.09. The van der Waals surface area contributed by atoms with Gasteiger partial charge >= 0.3 is 0 Å². The van der Waals surface area contributed by atoms with Crippen molar-refractivity contribution < 1.29 is 27.0 Å². The first kappa shape index (κ1) is 22.7. The largest absolute Gasteiger partial charge is 1.00 e. The molecule has 0 saturated carbocycles. The Morgan fingerprint density at radius 3 is 1.65 bits per heavy atom. The highest BCUT2D eigenvalue weighted by Gasteiger charge is 2.08. The summed E-state index contributed by atoms with van der Waals surface area (Å²) in [7, 11) is 0. The first-order chi connectivity index (χ1) is 9.20. The lowest BCUT2D eigenvalue weighted by molar-refractivity contribution is -0.901. The van der Waals surface area contributed by atoms with Crippen LogP contribution in [0.25, 0.3) is 0 Å². The van der Waals surface area contributed by atoms with Gasteiger partial charge in [-0.05, 0) is 26.7 Å². The van der Waals surface area contributed by atoms with Crippen molar-refractivity contribution in [2.24, 2.45) is 0 Å². The molecule has 0 aliphatic carbocycles. The monoisotopic (exact) mass is 351 g/mol. The van der Waals surface area contributed by atoms with Gasteiger partial charge in [0, 0.05) is 0 Å². The molecule has 2 unspecified atom stereocenters. The van der Waals surface area contributed by atoms with Gasteiger partial charge in [0.2, 0.25) is 0 Å². The summed E-state index contributed by atoms with van der Waals surface area (Å²) >= 11 is 0. The third-order valence-electron chi connectivity index (χ3n) is 3.97. The second kappa shape index (κ2) is 17.5. The van der Waals surface area contributed by atoms with Crippen molar-refractivity contribution in [1.29, 1.82) is 0 Å². The smallest absolute Gasteiger partial charge is 0.103 e. The van der Waals surface area contributed by atoms with Gasteiger partial charge in [-0.2, -0.15) is 0 Å². The summed E-state index contributed by atoms with van der Waals surface area (Å²) in [5.74, 6) is 0. The maximum atomic E-state index is 9.39. The van der Waals surface area contributed by atoms with Crippen molar-refractivity contribution in [3.63, 3.8) is 0 Å². The van der Waals surface area contributed by atoms with Crippen LogP contribution < -0.4 is 21.9 Å². The van der Waals surface area contributed by atoms with E-state index in [1.54, 1.807) is 4.90 Å². The topological polar surface area (TPSA) is 24.7 Å². The van der Waals surface area contributed by atoms with Crippen LogP contribution in [0.15, 0.2) is 0 Å². The van der Waals surface area contributed by atoms with Crippen molar-refractivity contribution >= 4 is 0 Å². The molecule has 0 aromatic rings. The molecule has 0 heterocycles. The van der Waals surface area contributed by atoms with Crippen molar-refractivity contribution in [2.75, 3.05) is 19.6 Å². The number of likely N-dealkylation sites (N-methyl/N-ethyl adjacent to an activating group) is 1. The molecule has 0 radical (unpaired) electrons. The summed E-state index contributed by atoms with van der Waals surface area (Å²) in [5.41, 5.74) is 0. The molecular formula is C17H38BrNO. The summed E-state index contributed by atoms with van der Waals surface area (Å²) in [6.45, 7) is 9.68. The summed E-state index contributed by atoms with van der Waals surface area (Å²) in [4.78, 5) is 1.55. The number of aliphatic hydroxyl groups excluding tert-OH is 1. The number of hydrogen-bond acceptors (Lipinski definition) is 1. The third kappa shape index (κ3) is 16.5. The SMILES string of the molecule is CCCCCCCCCCCC[NH+](CC)CC(C)O.[Br-]. The first-order valence-electron chi connectivity index (χ1n) is 8.72. The van der Waals surface area contributed by atoms with Crippen LogP contribution in [0.3, 0.4) is 0 Å². The molecule has 3 heteroatoms. The summed E-state index contributed by atoms with van der Waals surface area (Å²) in [5, 5.41) is 9.39. The van der Waals surface area contributed by atoms with E-state index < -0.39 is 0 Å². The number of hydrogen-bond donors (Lipinski definition) is 2. The van der Waals surface area contributed by atoms with E-state index in [1.165, 1.54) is 70.8 Å². The van der Waals surface area contributed by atoms with E-state index in [4.69, 9.17) is 0 Å². The minimum atomic E-state index is -0.155. The van der Waals surface area contributed by atoms with Gasteiger partial charge in [0.15, 0.2) is 0 Å². The molecule has 0 aliphatic rings. The zero-order valence-electron chi connectivity index (χ0n) is 14.1. The fourth-order valence-electron chi connectivity index (χ4n) is 2.70. The Morgan fingerprint density at radius 2 is 1.25 bits per heavy atom. The molecule has 0 amide bonds. The number of nitrogens with one attached hydrogen (secondary N) is 1. The molecule has 0 saturated heterocycles. The second-order valence-corrected chi connectivity index (χ2v) is 6.09. The lowest BCUT2D eigenvalue weighted by Gasteiger charge is -2.18. The van der Waals surface area contributed by atoms with E-state index in [0.29, 0.717) is 0 Å². The molecular weight excluding hydrogens is 314 g/mol. The van der Waals surface area contributed by atoms with E-state index in [-0.39, 0.29) is 23.1 Å². The van der Waals surface area contributed by atoms with Gasteiger partial charge in [0.1, 0.15) is 12.6 Å². The van der Waals surface area contributed by atoms with E-state index in [2.05, 4.69) is 13.8 Å². The van der Waals surface area contributed by atoms with Gasteiger partial charge in [-0.1, -0.05) is 58.3 Å². The number of aliphatic hydroxyl groups is 1. The zero-order chi connectivity index (χ0) is 14.3. The quantitative estimate of drug-likeness (QED) is 0.429. The zero-order valence-corrected chi connectivity index (χ0v) is 15.7. The molecule has 0 fully saturated rings. The van der Waals surface area contributed by atoms with Gasteiger partial charge in [-0.15, -0.1) is 0 Å². The van der Waals surface area contributed by atoms with Crippen molar-refractivity contribution in [1.82, 2.24) is 0 Å². The van der Waals surface area contributed by atoms with E-state index in [1.807, 2.05) is 6.92 Å². The Morgan fingerprint density at radius 1 is 0.800 bits per heavy atom. The third-order valence-corrected chi connectivity index (χ3v) is 3.97. The van der Waals surface area contributed by atoms with Gasteiger partial charge in [-0.25, -0.2) is 0 Å². The van der Waals surface area contributed by atoms with Crippen LogP contribution in [0, 0.1) is 0 Å². The molecule has 124 valence electrons. The summed E-state index contributed by atoms with van der Waals surface area (Å²) in [6, 6.07) is 0. The number of quaternary nitrogens is 1. The minimum absolute atomic E-state index is 0. The molecule has 0 spiro atoms. The van der Waals surface area contributed by atoms with E-state index >= 15 is 0 Å². The summed E-state index contributed by atoms with van der Waals surface area (Å²) in [6.07, 6.45) is 13.9. The predicted molar refractivity (Wildman–Crippen MR) is 84.8 cm³/mol. The van der Waals surface area contributed by atoms with Gasteiger partial charge in [0.25, 0.3) is 0 Å². The molecule has 0 aromatic carbocycles. The molecule has 2 nitrogen and oxygen atoms in total. The molecule has 0 aliphatic heterocycles. The maximum Gasteiger partial charge on any atom is 0.103 e. The van der Waals surface area contributed by atoms with Crippen LogP contribution in [0.2, 0.25) is 0 Å². The van der Waals surface area contributed by atoms with Crippen molar-refractivity contribution in [3.05, 3.63) is 0 Å². The first-order valence-corrected chi connectivity index (χ1v) is 8.72. The van der Waals surface area contributed by atoms with Gasteiger partial charge in [0.05, 0.1) is 13.1 Å². The van der Waals surface area contributed by atoms with Crippen LogP contribution >= 0.6 is 0 Å². The maximum absolute atomic E-state index is 9.39. The van der Waals surface area contributed by atoms with Crippen molar-refractivity contribution in [3.8, 4) is 0 Å². The lowest BCUT2D eigenvalue weighted by Crippen LogP contribution is -3.12. The molecule has 20 heavy (non-hydrogen) atoms. The van der Waals surface area contributed by atoms with Gasteiger partial charge in [-0.3, -0.25) is 0 Å². The Labute approximate surface area is 138 Å². The fourth-order valence-corrected chi connectivity index (χ4v) is 2.70. The lowest BCUT2D eigenvalue weighted by atomic mass is 10.1. The molecule has 0 rings (SSSR count). The molecule has 2 N–H and O–H groups in total. The standard InChI is InChI=1S/C17H37NO.BrH/c1-4-6-7-8-9-10-11-12-13-14-15-18(5-2)16-17(3)19;/h17,19H,4-16H2,1-3H3;1H. The van der Waals surface area contributed by atoms with E-state index in [0.717, 1.165) is 13.1 Å². The van der Waals surface area contributed by atoms with Gasteiger partial charge < -0.3 is 27.0 Å². The van der Waals surface area contributed by atoms with Crippen LogP contribution in [0.4, 0.5) is 0 Å². The Balaban J connectivity index is 0. The average Bonchev–Trinajstić information content (AvgIpc) is 2.39. The molecule has 2 atom stereocenters. The molecule has 0 aromatic heterocycles.